The van der Waals surface area contributed by atoms with Gasteiger partial charge in [-0.1, -0.05) is 47.0 Å². The minimum atomic E-state index is -3.91. The number of nitrogens with one attached hydrogen (secondary N) is 1. The van der Waals surface area contributed by atoms with Crippen LogP contribution in [-0.4, -0.2) is 32.0 Å². The van der Waals surface area contributed by atoms with Crippen molar-refractivity contribution in [2.24, 2.45) is 5.10 Å². The quantitative estimate of drug-likeness (QED) is 0.180. The van der Waals surface area contributed by atoms with Crippen molar-refractivity contribution in [3.05, 3.63) is 117 Å². The Bertz CT molecular complexity index is 1580. The van der Waals surface area contributed by atoms with Gasteiger partial charge in [0.1, 0.15) is 17.3 Å². The molecule has 1 aromatic heterocycles. The lowest BCUT2D eigenvalue weighted by Gasteiger charge is -2.22. The maximum Gasteiger partial charge on any atom is 0.271 e. The van der Waals surface area contributed by atoms with Gasteiger partial charge in [0, 0.05) is 22.2 Å². The first kappa shape index (κ1) is 28.4. The Morgan fingerprint density at radius 1 is 1.00 bits per heavy atom. The molecule has 0 aliphatic rings. The van der Waals surface area contributed by atoms with E-state index in [0.717, 1.165) is 5.56 Å². The lowest BCUT2D eigenvalue weighted by molar-refractivity contribution is 0.0955. The number of furan rings is 1. The molecule has 3 aromatic carbocycles. The summed E-state index contributed by atoms with van der Waals surface area (Å²) in [5.74, 6) is 0.932. The lowest BCUT2D eigenvalue weighted by Crippen LogP contribution is -2.30. The molecule has 1 N–H and O–H groups in total. The van der Waals surface area contributed by atoms with E-state index >= 15 is 0 Å². The number of hydrogen-bond donors (Lipinski definition) is 1. The maximum absolute atomic E-state index is 13.6. The fourth-order valence-electron chi connectivity index (χ4n) is 3.61. The number of methoxy groups -OCH3 is 1. The van der Waals surface area contributed by atoms with E-state index in [2.05, 4.69) is 10.5 Å². The molecule has 0 aliphatic heterocycles. The summed E-state index contributed by atoms with van der Waals surface area (Å²) in [6, 6.07) is 21.4. The fourth-order valence-corrected chi connectivity index (χ4v) is 5.46. The molecule has 0 fully saturated rings. The van der Waals surface area contributed by atoms with Crippen molar-refractivity contribution in [1.82, 2.24) is 9.73 Å². The lowest BCUT2D eigenvalue weighted by atomic mass is 10.2. The first-order valence-electron chi connectivity index (χ1n) is 11.7. The molecule has 0 saturated heterocycles. The van der Waals surface area contributed by atoms with Crippen LogP contribution in [0.5, 0.6) is 5.75 Å². The molecule has 0 aliphatic carbocycles. The molecule has 202 valence electrons. The second kappa shape index (κ2) is 12.5. The van der Waals surface area contributed by atoms with Gasteiger partial charge in [-0.25, -0.2) is 13.8 Å². The predicted molar refractivity (Wildman–Crippen MR) is 151 cm³/mol. The van der Waals surface area contributed by atoms with Gasteiger partial charge < -0.3 is 9.15 Å². The third-order valence-corrected chi connectivity index (χ3v) is 8.14. The van der Waals surface area contributed by atoms with E-state index < -0.39 is 15.9 Å². The van der Waals surface area contributed by atoms with Gasteiger partial charge in [0.05, 0.1) is 24.8 Å². The maximum atomic E-state index is 13.6. The summed E-state index contributed by atoms with van der Waals surface area (Å²) in [5, 5.41) is 4.74. The average molecular weight is 586 g/mol. The molecule has 1 heterocycles. The van der Waals surface area contributed by atoms with Gasteiger partial charge in [-0.15, -0.1) is 0 Å². The number of nitrogens with zero attached hydrogens (tertiary/aromatic N) is 2. The van der Waals surface area contributed by atoms with Crippen LogP contribution in [0.3, 0.4) is 0 Å². The summed E-state index contributed by atoms with van der Waals surface area (Å²) in [7, 11) is -2.37. The molecule has 1 amide bonds. The number of hydrogen-bond acceptors (Lipinski definition) is 6. The van der Waals surface area contributed by atoms with Gasteiger partial charge in [0.2, 0.25) is 10.0 Å². The Kier molecular flexibility index (Phi) is 9.08. The topological polar surface area (TPSA) is 101 Å². The molecule has 39 heavy (non-hydrogen) atoms. The molecule has 0 bridgehead atoms. The van der Waals surface area contributed by atoms with Crippen molar-refractivity contribution < 1.29 is 22.4 Å². The molecule has 0 atom stereocenters. The first-order valence-corrected chi connectivity index (χ1v) is 13.9. The van der Waals surface area contributed by atoms with Crippen molar-refractivity contribution in [2.45, 2.75) is 24.9 Å². The Labute approximate surface area is 236 Å². The van der Waals surface area contributed by atoms with Gasteiger partial charge in [-0.2, -0.15) is 9.41 Å². The van der Waals surface area contributed by atoms with E-state index in [4.69, 9.17) is 32.4 Å². The highest BCUT2D eigenvalue weighted by molar-refractivity contribution is 7.89. The largest absolute Gasteiger partial charge is 0.497 e. The highest BCUT2D eigenvalue weighted by atomic mass is 35.5. The zero-order valence-electron chi connectivity index (χ0n) is 21.1. The smallest absolute Gasteiger partial charge is 0.271 e. The zero-order chi connectivity index (χ0) is 28.0. The minimum Gasteiger partial charge on any atom is -0.497 e. The van der Waals surface area contributed by atoms with E-state index in [-0.39, 0.29) is 18.0 Å². The standard InChI is InChI=1S/C28H25Cl2N3O5S/c1-19-3-13-26(14-4-19)39(35,36)33(17-21-5-8-22(29)15-27(21)30)18-25-12-11-24(38-25)16-31-32-28(34)20-6-9-23(37-2)10-7-20/h3-16H,17-18H2,1-2H3,(H,32,34)/b31-16-. The van der Waals surface area contributed by atoms with Crippen LogP contribution in [0.15, 0.2) is 93.3 Å². The fraction of sp³-hybridized carbons (Fsp3) is 0.143. The Morgan fingerprint density at radius 3 is 2.38 bits per heavy atom. The van der Waals surface area contributed by atoms with Crippen LogP contribution in [0, 0.1) is 6.92 Å². The summed E-state index contributed by atoms with van der Waals surface area (Å²) >= 11 is 12.4. The molecule has 0 radical (unpaired) electrons. The number of halogens is 2. The van der Waals surface area contributed by atoms with E-state index in [9.17, 15) is 13.2 Å². The molecular weight excluding hydrogens is 561 g/mol. The number of carbonyl (C=O) groups is 1. The molecule has 8 nitrogen and oxygen atoms in total. The van der Waals surface area contributed by atoms with Crippen LogP contribution in [0.2, 0.25) is 10.0 Å². The van der Waals surface area contributed by atoms with Gasteiger partial charge in [0.15, 0.2) is 0 Å². The number of rotatable bonds is 10. The summed E-state index contributed by atoms with van der Waals surface area (Å²) in [6.45, 7) is 1.81. The van der Waals surface area contributed by atoms with Gasteiger partial charge in [0.25, 0.3) is 5.91 Å². The second-order valence-corrected chi connectivity index (χ2v) is 11.3. The van der Waals surface area contributed by atoms with Gasteiger partial charge >= 0.3 is 0 Å². The number of benzene rings is 3. The van der Waals surface area contributed by atoms with E-state index in [1.807, 2.05) is 6.92 Å². The third kappa shape index (κ3) is 7.27. The van der Waals surface area contributed by atoms with Gasteiger partial charge in [-0.05, 0) is 73.2 Å². The summed E-state index contributed by atoms with van der Waals surface area (Å²) < 4.78 is 39.3. The van der Waals surface area contributed by atoms with Crippen LogP contribution in [0.4, 0.5) is 0 Å². The van der Waals surface area contributed by atoms with E-state index in [0.29, 0.717) is 38.4 Å². The van der Waals surface area contributed by atoms with E-state index in [1.54, 1.807) is 86.0 Å². The van der Waals surface area contributed by atoms with Crippen LogP contribution in [0.25, 0.3) is 0 Å². The molecule has 4 rings (SSSR count). The SMILES string of the molecule is COc1ccc(C(=O)N/N=C\c2ccc(CN(Cc3ccc(Cl)cc3Cl)S(=O)(=O)c3ccc(C)cc3)o2)cc1. The number of amides is 1. The number of carbonyl (C=O) groups excluding carboxylic acids is 1. The normalized spacial score (nSPS) is 11.7. The van der Waals surface area contributed by atoms with Crippen molar-refractivity contribution in [2.75, 3.05) is 7.11 Å². The third-order valence-electron chi connectivity index (χ3n) is 5.75. The van der Waals surface area contributed by atoms with Gasteiger partial charge in [-0.3, -0.25) is 4.79 Å². The van der Waals surface area contributed by atoms with Crippen LogP contribution < -0.4 is 10.2 Å². The number of hydrazone groups is 1. The second-order valence-electron chi connectivity index (χ2n) is 8.55. The highest BCUT2D eigenvalue weighted by Crippen LogP contribution is 2.27. The van der Waals surface area contributed by atoms with Crippen LogP contribution >= 0.6 is 23.2 Å². The first-order chi connectivity index (χ1) is 18.7. The molecule has 0 spiro atoms. The van der Waals surface area contributed by atoms with E-state index in [1.165, 1.54) is 10.5 Å². The van der Waals surface area contributed by atoms with Crippen LogP contribution in [-0.2, 0) is 23.1 Å². The van der Waals surface area contributed by atoms with Crippen molar-refractivity contribution in [3.8, 4) is 5.75 Å². The molecular formula is C28H25Cl2N3O5S. The molecule has 0 unspecified atom stereocenters. The molecule has 11 heteroatoms. The zero-order valence-corrected chi connectivity index (χ0v) is 23.4. The Morgan fingerprint density at radius 2 is 1.72 bits per heavy atom. The summed E-state index contributed by atoms with van der Waals surface area (Å²) in [4.78, 5) is 12.4. The Hall–Kier alpha value is -3.63. The molecule has 0 saturated carbocycles. The van der Waals surface area contributed by atoms with Crippen molar-refractivity contribution in [3.63, 3.8) is 0 Å². The summed E-state index contributed by atoms with van der Waals surface area (Å²) in [6.07, 6.45) is 1.33. The summed E-state index contributed by atoms with van der Waals surface area (Å²) in [5.41, 5.74) is 4.36. The van der Waals surface area contributed by atoms with Crippen LogP contribution in [0.1, 0.15) is 33.0 Å². The number of sulfonamides is 1. The minimum absolute atomic E-state index is 0.00570. The van der Waals surface area contributed by atoms with Crippen molar-refractivity contribution in [1.29, 1.82) is 0 Å². The monoisotopic (exact) mass is 585 g/mol. The highest BCUT2D eigenvalue weighted by Gasteiger charge is 2.27. The van der Waals surface area contributed by atoms with Crippen molar-refractivity contribution >= 4 is 45.3 Å². The molecule has 4 aromatic rings. The number of ether oxygens (including phenoxy) is 1. The predicted octanol–water partition coefficient (Wildman–Crippen LogP) is 6.06. The average Bonchev–Trinajstić information content (AvgIpc) is 3.37. The number of aryl methyl sites for hydroxylation is 1. The Balaban J connectivity index is 1.51.